The number of likely N-dealkylation sites (tertiary alicyclic amines) is 1. The highest BCUT2D eigenvalue weighted by molar-refractivity contribution is 5.99. The molecule has 3 aromatic carbocycles. The van der Waals surface area contributed by atoms with Gasteiger partial charge in [0.1, 0.15) is 5.82 Å². The van der Waals surface area contributed by atoms with E-state index in [0.717, 1.165) is 49.3 Å². The van der Waals surface area contributed by atoms with Gasteiger partial charge in [0, 0.05) is 48.7 Å². The summed E-state index contributed by atoms with van der Waals surface area (Å²) in [4.78, 5) is 40.0. The van der Waals surface area contributed by atoms with Crippen molar-refractivity contribution in [2.75, 3.05) is 23.7 Å². The number of urea groups is 1. The average Bonchev–Trinajstić information content (AvgIpc) is 3.47. The maximum Gasteiger partial charge on any atom is 0.324 e. The second kappa shape index (κ2) is 14.6. The lowest BCUT2D eigenvalue weighted by Gasteiger charge is -2.32. The lowest BCUT2D eigenvalue weighted by atomic mass is 9.90. The quantitative estimate of drug-likeness (QED) is 0.176. The highest BCUT2D eigenvalue weighted by atomic mass is 16.2. The number of hydrogen-bond donors (Lipinski definition) is 2. The predicted octanol–water partition coefficient (Wildman–Crippen LogP) is 7.96. The Morgan fingerprint density at radius 1 is 0.848 bits per heavy atom. The number of piperidine rings is 1. The summed E-state index contributed by atoms with van der Waals surface area (Å²) in [7, 11) is 0. The van der Waals surface area contributed by atoms with Crippen LogP contribution in [0.5, 0.6) is 0 Å². The molecule has 4 aromatic rings. The zero-order valence-electron chi connectivity index (χ0n) is 27.4. The molecule has 0 bridgehead atoms. The minimum atomic E-state index is -0.331. The molecule has 240 valence electrons. The second-order valence-corrected chi connectivity index (χ2v) is 13.4. The lowest BCUT2D eigenvalue weighted by Crippen LogP contribution is -2.38. The Morgan fingerprint density at radius 3 is 2.17 bits per heavy atom. The van der Waals surface area contributed by atoms with Crippen molar-refractivity contribution in [1.29, 1.82) is 0 Å². The van der Waals surface area contributed by atoms with Gasteiger partial charge in [0.25, 0.3) is 0 Å². The molecule has 1 aliphatic heterocycles. The first-order chi connectivity index (χ1) is 22.0. The normalized spacial score (nSPS) is 13.8. The van der Waals surface area contributed by atoms with Crippen LogP contribution in [0.4, 0.5) is 16.3 Å². The fraction of sp³-hybridized carbons (Fsp3) is 0.368. The largest absolute Gasteiger partial charge is 0.343 e. The molecule has 8 heteroatoms. The number of amides is 3. The molecule has 0 atom stereocenters. The van der Waals surface area contributed by atoms with Gasteiger partial charge in [-0.25, -0.2) is 9.48 Å². The first-order valence-electron chi connectivity index (χ1n) is 16.3. The Bertz CT molecular complexity index is 1630. The van der Waals surface area contributed by atoms with Crippen LogP contribution >= 0.6 is 0 Å². The SMILES string of the molecule is Cc1ccc(-n2nc(C(C)(C)C)cc2NC(=O)Nc2ccc(CC3CCN(C(=O)CCCC(=O)c4ccccc4)CC3)cc2)cc1. The zero-order chi connectivity index (χ0) is 32.7. The second-order valence-electron chi connectivity index (χ2n) is 13.4. The average molecular weight is 620 g/mol. The molecule has 1 aliphatic rings. The predicted molar refractivity (Wildman–Crippen MR) is 184 cm³/mol. The summed E-state index contributed by atoms with van der Waals surface area (Å²) in [5.74, 6) is 1.34. The summed E-state index contributed by atoms with van der Waals surface area (Å²) >= 11 is 0. The van der Waals surface area contributed by atoms with E-state index in [4.69, 9.17) is 5.10 Å². The molecule has 1 fully saturated rings. The molecule has 0 saturated carbocycles. The molecular formula is C38H45N5O3. The van der Waals surface area contributed by atoms with Crippen LogP contribution < -0.4 is 10.6 Å². The number of nitrogens with zero attached hydrogens (tertiary/aromatic N) is 3. The van der Waals surface area contributed by atoms with Crippen LogP contribution in [0.1, 0.15) is 80.1 Å². The number of carbonyl (C=O) groups excluding carboxylic acids is 3. The molecule has 2 heterocycles. The van der Waals surface area contributed by atoms with Gasteiger partial charge in [0.15, 0.2) is 5.78 Å². The first-order valence-corrected chi connectivity index (χ1v) is 16.3. The number of ketones is 1. The van der Waals surface area contributed by atoms with Gasteiger partial charge in [-0.3, -0.25) is 14.9 Å². The summed E-state index contributed by atoms with van der Waals surface area (Å²) in [6.45, 7) is 9.85. The van der Waals surface area contributed by atoms with E-state index in [1.807, 2.05) is 84.6 Å². The Labute approximate surface area is 272 Å². The summed E-state index contributed by atoms with van der Waals surface area (Å²) in [5, 5.41) is 10.7. The maximum absolute atomic E-state index is 13.0. The number of benzene rings is 3. The van der Waals surface area contributed by atoms with Crippen molar-refractivity contribution < 1.29 is 14.4 Å². The lowest BCUT2D eigenvalue weighted by molar-refractivity contribution is -0.132. The monoisotopic (exact) mass is 619 g/mol. The molecular weight excluding hydrogens is 574 g/mol. The van der Waals surface area contributed by atoms with Crippen molar-refractivity contribution in [2.24, 2.45) is 5.92 Å². The highest BCUT2D eigenvalue weighted by Crippen LogP contribution is 2.27. The Hall–Kier alpha value is -4.72. The van der Waals surface area contributed by atoms with E-state index in [1.54, 1.807) is 4.68 Å². The molecule has 1 saturated heterocycles. The number of aromatic nitrogens is 2. The first kappa shape index (κ1) is 32.7. The number of carbonyl (C=O) groups is 3. The zero-order valence-corrected chi connectivity index (χ0v) is 27.4. The number of Topliss-reactive ketones (excluding diaryl/α,β-unsaturated/α-hetero) is 1. The fourth-order valence-corrected chi connectivity index (χ4v) is 5.77. The van der Waals surface area contributed by atoms with Crippen LogP contribution in [0, 0.1) is 12.8 Å². The molecule has 2 N–H and O–H groups in total. The number of hydrogen-bond acceptors (Lipinski definition) is 4. The molecule has 1 aromatic heterocycles. The summed E-state index contributed by atoms with van der Waals surface area (Å²) in [5.41, 5.74) is 5.38. The van der Waals surface area contributed by atoms with Crippen LogP contribution in [0.2, 0.25) is 0 Å². The Morgan fingerprint density at radius 2 is 1.52 bits per heavy atom. The van der Waals surface area contributed by atoms with E-state index in [1.165, 1.54) is 5.56 Å². The van der Waals surface area contributed by atoms with Gasteiger partial charge >= 0.3 is 6.03 Å². The fourth-order valence-electron chi connectivity index (χ4n) is 5.77. The van der Waals surface area contributed by atoms with Crippen LogP contribution in [0.25, 0.3) is 5.69 Å². The van der Waals surface area contributed by atoms with Crippen LogP contribution in [-0.2, 0) is 16.6 Å². The van der Waals surface area contributed by atoms with Crippen molar-refractivity contribution in [1.82, 2.24) is 14.7 Å². The molecule has 0 unspecified atom stereocenters. The number of aryl methyl sites for hydroxylation is 1. The van der Waals surface area contributed by atoms with Crippen LogP contribution in [0.15, 0.2) is 84.9 Å². The molecule has 0 radical (unpaired) electrons. The third-order valence-corrected chi connectivity index (χ3v) is 8.59. The van der Waals surface area contributed by atoms with E-state index >= 15 is 0 Å². The van der Waals surface area contributed by atoms with Gasteiger partial charge < -0.3 is 10.2 Å². The minimum absolute atomic E-state index is 0.0919. The molecule has 5 rings (SSSR count). The van der Waals surface area contributed by atoms with E-state index < -0.39 is 0 Å². The van der Waals surface area contributed by atoms with Crippen molar-refractivity contribution in [3.05, 3.63) is 107 Å². The van der Waals surface area contributed by atoms with Gasteiger partial charge in [0.2, 0.25) is 5.91 Å². The molecule has 0 spiro atoms. The van der Waals surface area contributed by atoms with Crippen molar-refractivity contribution in [3.8, 4) is 5.69 Å². The maximum atomic E-state index is 13.0. The minimum Gasteiger partial charge on any atom is -0.343 e. The van der Waals surface area contributed by atoms with E-state index in [-0.39, 0.29) is 23.1 Å². The Balaban J connectivity index is 1.08. The topological polar surface area (TPSA) is 96.3 Å². The smallest absolute Gasteiger partial charge is 0.324 e. The standard InChI is InChI=1S/C38H45N5O3/c1-27-13-19-32(20-14-27)43-35(26-34(41-43)38(2,3)4)40-37(46)39-31-17-15-28(16-18-31)25-29-21-23-42(24-22-29)36(45)12-8-11-33(44)30-9-6-5-7-10-30/h5-7,9-10,13-20,26,29H,8,11-12,21-25H2,1-4H3,(H2,39,40,46). The van der Waals surface area contributed by atoms with Gasteiger partial charge in [-0.15, -0.1) is 0 Å². The van der Waals surface area contributed by atoms with E-state index in [0.29, 0.717) is 42.2 Å². The Kier molecular flexibility index (Phi) is 10.4. The summed E-state index contributed by atoms with van der Waals surface area (Å²) in [6.07, 6.45) is 4.25. The number of anilines is 2. The third-order valence-electron chi connectivity index (χ3n) is 8.59. The molecule has 0 aliphatic carbocycles. The van der Waals surface area contributed by atoms with Crippen LogP contribution in [0.3, 0.4) is 0 Å². The molecule has 3 amide bonds. The number of nitrogens with one attached hydrogen (secondary N) is 2. The number of rotatable bonds is 10. The van der Waals surface area contributed by atoms with E-state index in [9.17, 15) is 14.4 Å². The van der Waals surface area contributed by atoms with Crippen molar-refractivity contribution in [3.63, 3.8) is 0 Å². The summed E-state index contributed by atoms with van der Waals surface area (Å²) < 4.78 is 1.77. The van der Waals surface area contributed by atoms with E-state index in [2.05, 4.69) is 43.5 Å². The van der Waals surface area contributed by atoms with Crippen LogP contribution in [-0.4, -0.2) is 45.5 Å². The van der Waals surface area contributed by atoms with Gasteiger partial charge in [-0.2, -0.15) is 5.10 Å². The molecule has 8 nitrogen and oxygen atoms in total. The highest BCUT2D eigenvalue weighted by Gasteiger charge is 2.24. The summed E-state index contributed by atoms with van der Waals surface area (Å²) in [6, 6.07) is 26.9. The third kappa shape index (κ3) is 8.71. The van der Waals surface area contributed by atoms with Gasteiger partial charge in [0.05, 0.1) is 11.4 Å². The van der Waals surface area contributed by atoms with Crippen molar-refractivity contribution >= 4 is 29.2 Å². The van der Waals surface area contributed by atoms with Gasteiger partial charge in [-0.05, 0) is 68.4 Å². The molecule has 46 heavy (non-hydrogen) atoms. The van der Waals surface area contributed by atoms with Gasteiger partial charge in [-0.1, -0.05) is 80.9 Å². The van der Waals surface area contributed by atoms with Crippen molar-refractivity contribution in [2.45, 2.75) is 71.6 Å².